The summed E-state index contributed by atoms with van der Waals surface area (Å²) in [5, 5.41) is 34.1. The van der Waals surface area contributed by atoms with Gasteiger partial charge in [0.2, 0.25) is 5.78 Å². The highest BCUT2D eigenvalue weighted by Crippen LogP contribution is 2.54. The number of hydrogen-bond acceptors (Lipinski definition) is 7. The van der Waals surface area contributed by atoms with Crippen molar-refractivity contribution in [3.63, 3.8) is 0 Å². The molecule has 3 aliphatic rings. The zero-order valence-electron chi connectivity index (χ0n) is 21.7. The molecule has 196 valence electrons. The smallest absolute Gasteiger partial charge is 0.205 e. The Kier molecular flexibility index (Phi) is 6.12. The number of phenolic OH excluding ortho intramolecular Hbond substituents is 1. The van der Waals surface area contributed by atoms with Crippen LogP contribution in [-0.4, -0.2) is 50.2 Å². The molecule has 7 heteroatoms. The molecular formula is C31H30O7. The first kappa shape index (κ1) is 25.9. The first-order valence-corrected chi connectivity index (χ1v) is 12.7. The second-order valence-corrected chi connectivity index (χ2v) is 10.9. The first-order chi connectivity index (χ1) is 17.9. The summed E-state index contributed by atoms with van der Waals surface area (Å²) in [4.78, 5) is 53.1. The van der Waals surface area contributed by atoms with Gasteiger partial charge in [0, 0.05) is 17.4 Å². The van der Waals surface area contributed by atoms with Crippen LogP contribution in [0.3, 0.4) is 0 Å². The zero-order valence-corrected chi connectivity index (χ0v) is 21.7. The van der Waals surface area contributed by atoms with Crippen molar-refractivity contribution in [1.29, 1.82) is 0 Å². The second kappa shape index (κ2) is 8.96. The summed E-state index contributed by atoms with van der Waals surface area (Å²) in [5.41, 5.74) is 0.278. The van der Waals surface area contributed by atoms with Gasteiger partial charge in [-0.3, -0.25) is 19.2 Å². The van der Waals surface area contributed by atoms with E-state index in [-0.39, 0.29) is 23.3 Å². The van der Waals surface area contributed by atoms with E-state index in [1.807, 2.05) is 31.2 Å². The average molecular weight is 515 g/mol. The molecule has 1 saturated carbocycles. The van der Waals surface area contributed by atoms with E-state index in [0.29, 0.717) is 16.7 Å². The minimum atomic E-state index is -2.69. The fraction of sp³-hybridized carbons (Fsp3) is 0.355. The van der Waals surface area contributed by atoms with E-state index >= 15 is 0 Å². The fourth-order valence-electron chi connectivity index (χ4n) is 6.63. The first-order valence-electron chi connectivity index (χ1n) is 12.7. The van der Waals surface area contributed by atoms with Gasteiger partial charge in [0.25, 0.3) is 0 Å². The molecule has 3 N–H and O–H groups in total. The number of ketones is 4. The van der Waals surface area contributed by atoms with Gasteiger partial charge in [-0.2, -0.15) is 0 Å². The highest BCUT2D eigenvalue weighted by molar-refractivity contribution is 6.33. The van der Waals surface area contributed by atoms with Crippen LogP contribution < -0.4 is 0 Å². The number of carbonyl (C=O) groups excluding carboxylic acids is 4. The third kappa shape index (κ3) is 3.56. The molecule has 2 aromatic rings. The van der Waals surface area contributed by atoms with Crippen molar-refractivity contribution in [2.75, 3.05) is 0 Å². The number of aliphatic hydroxyl groups is 2. The molecule has 0 aliphatic heterocycles. The number of allylic oxidation sites excluding steroid dienone is 1. The Balaban J connectivity index is 1.59. The van der Waals surface area contributed by atoms with Crippen LogP contribution in [0.25, 0.3) is 12.2 Å². The largest absolute Gasteiger partial charge is 0.507 e. The van der Waals surface area contributed by atoms with E-state index in [1.165, 1.54) is 6.92 Å². The Morgan fingerprint density at radius 1 is 1.03 bits per heavy atom. The highest BCUT2D eigenvalue weighted by Gasteiger charge is 2.67. The number of aryl methyl sites for hydroxylation is 1. The van der Waals surface area contributed by atoms with Crippen LogP contribution in [0.5, 0.6) is 5.75 Å². The number of carbonyl (C=O) groups is 4. The van der Waals surface area contributed by atoms with Crippen molar-refractivity contribution in [2.45, 2.75) is 51.7 Å². The van der Waals surface area contributed by atoms with E-state index in [2.05, 4.69) is 0 Å². The van der Waals surface area contributed by atoms with Gasteiger partial charge in [0.05, 0.1) is 23.2 Å². The summed E-state index contributed by atoms with van der Waals surface area (Å²) in [5.74, 6) is -7.83. The predicted molar refractivity (Wildman–Crippen MR) is 140 cm³/mol. The lowest BCUT2D eigenvalue weighted by Crippen LogP contribution is -2.69. The molecule has 7 nitrogen and oxygen atoms in total. The zero-order chi connectivity index (χ0) is 27.7. The number of aromatic hydroxyl groups is 1. The number of benzene rings is 2. The maximum atomic E-state index is 13.8. The molecule has 38 heavy (non-hydrogen) atoms. The van der Waals surface area contributed by atoms with Gasteiger partial charge in [-0.15, -0.1) is 0 Å². The van der Waals surface area contributed by atoms with Gasteiger partial charge in [-0.1, -0.05) is 66.6 Å². The summed E-state index contributed by atoms with van der Waals surface area (Å²) in [6.45, 7) is 6.50. The summed E-state index contributed by atoms with van der Waals surface area (Å²) < 4.78 is 0. The lowest BCUT2D eigenvalue weighted by molar-refractivity contribution is -0.179. The molecule has 6 unspecified atom stereocenters. The van der Waals surface area contributed by atoms with E-state index < -0.39 is 58.5 Å². The summed E-state index contributed by atoms with van der Waals surface area (Å²) >= 11 is 0. The summed E-state index contributed by atoms with van der Waals surface area (Å²) in [6, 6.07) is 11.2. The molecule has 3 aliphatic carbocycles. The lowest BCUT2D eigenvalue weighted by Gasteiger charge is -2.52. The van der Waals surface area contributed by atoms with Crippen molar-refractivity contribution in [3.8, 4) is 5.75 Å². The number of rotatable bonds is 3. The van der Waals surface area contributed by atoms with Gasteiger partial charge in [0.15, 0.2) is 23.0 Å². The summed E-state index contributed by atoms with van der Waals surface area (Å²) in [7, 11) is 0. The minimum Gasteiger partial charge on any atom is -0.507 e. The van der Waals surface area contributed by atoms with Gasteiger partial charge in [0.1, 0.15) is 5.75 Å². The Morgan fingerprint density at radius 2 is 1.68 bits per heavy atom. The minimum absolute atomic E-state index is 0.0188. The van der Waals surface area contributed by atoms with Crippen molar-refractivity contribution < 1.29 is 34.5 Å². The highest BCUT2D eigenvalue weighted by atomic mass is 16.3. The lowest BCUT2D eigenvalue weighted by atomic mass is 9.51. The average Bonchev–Trinajstić information content (AvgIpc) is 2.86. The van der Waals surface area contributed by atoms with Crippen molar-refractivity contribution in [1.82, 2.24) is 0 Å². The van der Waals surface area contributed by atoms with Crippen LogP contribution in [0.15, 0.2) is 47.5 Å². The summed E-state index contributed by atoms with van der Waals surface area (Å²) in [6.07, 6.45) is 2.09. The molecule has 0 spiro atoms. The van der Waals surface area contributed by atoms with Gasteiger partial charge < -0.3 is 15.3 Å². The van der Waals surface area contributed by atoms with Crippen molar-refractivity contribution in [2.24, 2.45) is 17.8 Å². The molecule has 0 heterocycles. The van der Waals surface area contributed by atoms with Crippen LogP contribution in [0, 0.1) is 24.7 Å². The SMILES string of the molecule is CC(=O)C1=C(C)CC2C(O)C3C(C(=O)c4c(ccc(/C=C/c5ccc(C)cc5)c4O)C3C)C(=O)C2(O)C1=O. The van der Waals surface area contributed by atoms with Crippen LogP contribution in [0.2, 0.25) is 0 Å². The molecular weight excluding hydrogens is 484 g/mol. The normalized spacial score (nSPS) is 30.8. The van der Waals surface area contributed by atoms with E-state index in [1.54, 1.807) is 38.1 Å². The van der Waals surface area contributed by atoms with Gasteiger partial charge in [-0.05, 0) is 44.2 Å². The Bertz CT molecular complexity index is 1460. The van der Waals surface area contributed by atoms with Crippen LogP contribution >= 0.6 is 0 Å². The monoisotopic (exact) mass is 514 g/mol. The second-order valence-electron chi connectivity index (χ2n) is 10.9. The van der Waals surface area contributed by atoms with E-state index in [4.69, 9.17) is 0 Å². The van der Waals surface area contributed by atoms with Crippen LogP contribution in [0.1, 0.15) is 65.7 Å². The van der Waals surface area contributed by atoms with Crippen molar-refractivity contribution in [3.05, 3.63) is 75.4 Å². The molecule has 0 radical (unpaired) electrons. The Morgan fingerprint density at radius 3 is 2.32 bits per heavy atom. The number of fused-ring (bicyclic) bond motifs is 3. The molecule has 6 atom stereocenters. The maximum Gasteiger partial charge on any atom is 0.205 e. The molecule has 2 aromatic carbocycles. The quantitative estimate of drug-likeness (QED) is 0.324. The molecule has 0 amide bonds. The third-order valence-electron chi connectivity index (χ3n) is 8.64. The Labute approximate surface area is 220 Å². The van der Waals surface area contributed by atoms with E-state index in [0.717, 1.165) is 11.1 Å². The number of Topliss-reactive ketones (excluding diaryl/α,β-unsaturated/α-hetero) is 4. The van der Waals surface area contributed by atoms with E-state index in [9.17, 15) is 34.5 Å². The maximum absolute atomic E-state index is 13.8. The number of phenols is 1. The molecule has 0 bridgehead atoms. The molecule has 0 saturated heterocycles. The topological polar surface area (TPSA) is 129 Å². The standard InChI is InChI=1S/C31H30O7/c1-14-5-7-18(8-6-14)9-10-19-11-12-20-16(3)23-25(28(35)24(20)26(19)33)30(37)31(38)21(27(23)34)13-15(2)22(17(4)32)29(31)36/h5-12,16,21,23,25,27,33-34,38H,13H2,1-4H3/b10-9+. The van der Waals surface area contributed by atoms with Gasteiger partial charge >= 0.3 is 0 Å². The van der Waals surface area contributed by atoms with Gasteiger partial charge in [-0.25, -0.2) is 0 Å². The van der Waals surface area contributed by atoms with Crippen LogP contribution in [0.4, 0.5) is 0 Å². The van der Waals surface area contributed by atoms with Crippen molar-refractivity contribution >= 4 is 35.3 Å². The molecule has 0 aromatic heterocycles. The number of hydrogen-bond donors (Lipinski definition) is 3. The predicted octanol–water partition coefficient (Wildman–Crippen LogP) is 3.57. The fourth-order valence-corrected chi connectivity index (χ4v) is 6.63. The Hall–Kier alpha value is -3.68. The molecule has 1 fully saturated rings. The van der Waals surface area contributed by atoms with Crippen LogP contribution in [-0.2, 0) is 14.4 Å². The molecule has 5 rings (SSSR count). The number of aliphatic hydroxyl groups excluding tert-OH is 1. The third-order valence-corrected chi connectivity index (χ3v) is 8.64.